The minimum Gasteiger partial charge on any atom is -0.491 e. The first-order valence-electron chi connectivity index (χ1n) is 14.3. The molecule has 5 rings (SSSR count). The first-order chi connectivity index (χ1) is 18.6. The third kappa shape index (κ3) is 6.10. The lowest BCUT2D eigenvalue weighted by Crippen LogP contribution is -2.31. The summed E-state index contributed by atoms with van der Waals surface area (Å²) in [5.41, 5.74) is 5.08. The van der Waals surface area contributed by atoms with Gasteiger partial charge in [-0.15, -0.1) is 0 Å². The number of carboxylic acid groups (broad SMARTS) is 1. The highest BCUT2D eigenvalue weighted by Crippen LogP contribution is 2.42. The van der Waals surface area contributed by atoms with E-state index in [1.807, 2.05) is 17.0 Å². The van der Waals surface area contributed by atoms with Crippen molar-refractivity contribution >= 4 is 23.3 Å². The van der Waals surface area contributed by atoms with Crippen LogP contribution in [0.5, 0.6) is 5.75 Å². The van der Waals surface area contributed by atoms with E-state index in [2.05, 4.69) is 37.8 Å². The standard InChI is InChI=1S/C31H40N4O4/c1-31(2,3)23-16-22(17-25(34-13-5-6-14-34)29(23)39-15-7-4-8-27(37)38)26(36)19-35-18-21-11-12-24(20-9-10-20)33-28(21)30(35)32/h11-12,16-17,20,32H,4-10,13-15,18-19H2,1-3H3,(H,37,38). The Bertz CT molecular complexity index is 1270. The molecule has 3 heterocycles. The Balaban J connectivity index is 1.39. The number of unbranched alkanes of at least 4 members (excludes halogenated alkanes) is 1. The molecule has 2 N–H and O–H groups in total. The zero-order chi connectivity index (χ0) is 27.7. The number of hydrogen-bond donors (Lipinski definition) is 2. The van der Waals surface area contributed by atoms with E-state index in [-0.39, 0.29) is 24.2 Å². The van der Waals surface area contributed by atoms with Gasteiger partial charge >= 0.3 is 5.97 Å². The van der Waals surface area contributed by atoms with Gasteiger partial charge in [0.1, 0.15) is 17.3 Å². The van der Waals surface area contributed by atoms with Crippen LogP contribution in [0.3, 0.4) is 0 Å². The molecule has 1 aliphatic carbocycles. The summed E-state index contributed by atoms with van der Waals surface area (Å²) in [6.45, 7) is 9.29. The molecule has 0 amide bonds. The maximum Gasteiger partial charge on any atom is 0.303 e. The van der Waals surface area contributed by atoms with Gasteiger partial charge in [0, 0.05) is 54.4 Å². The van der Waals surface area contributed by atoms with E-state index >= 15 is 0 Å². The number of hydrogen-bond acceptors (Lipinski definition) is 6. The summed E-state index contributed by atoms with van der Waals surface area (Å²) in [6, 6.07) is 8.07. The number of rotatable bonds is 11. The maximum atomic E-state index is 13.7. The number of carbonyl (C=O) groups excluding carboxylic acids is 1. The summed E-state index contributed by atoms with van der Waals surface area (Å²) >= 11 is 0. The Kier molecular flexibility index (Phi) is 7.65. The molecule has 2 fully saturated rings. The van der Waals surface area contributed by atoms with E-state index in [4.69, 9.17) is 20.2 Å². The number of pyridine rings is 1. The first kappa shape index (κ1) is 27.2. The number of benzene rings is 1. The predicted octanol–water partition coefficient (Wildman–Crippen LogP) is 5.51. The van der Waals surface area contributed by atoms with Crippen molar-refractivity contribution in [1.29, 1.82) is 5.41 Å². The van der Waals surface area contributed by atoms with Crippen LogP contribution < -0.4 is 9.64 Å². The number of Topliss-reactive ketones (excluding diaryl/α,β-unsaturated/α-hetero) is 1. The third-order valence-corrected chi connectivity index (χ3v) is 7.91. The van der Waals surface area contributed by atoms with Gasteiger partial charge in [0.25, 0.3) is 0 Å². The fourth-order valence-corrected chi connectivity index (χ4v) is 5.50. The lowest BCUT2D eigenvalue weighted by Gasteiger charge is -2.30. The second-order valence-electron chi connectivity index (χ2n) is 12.2. The molecule has 1 saturated heterocycles. The molecule has 0 radical (unpaired) electrons. The number of anilines is 1. The van der Waals surface area contributed by atoms with E-state index < -0.39 is 5.97 Å². The normalized spacial score (nSPS) is 17.1. The Morgan fingerprint density at radius 2 is 1.87 bits per heavy atom. The molecular weight excluding hydrogens is 492 g/mol. The molecule has 0 unspecified atom stereocenters. The maximum absolute atomic E-state index is 13.7. The number of aliphatic carboxylic acids is 1. The van der Waals surface area contributed by atoms with E-state index in [1.165, 1.54) is 12.8 Å². The molecule has 3 aliphatic rings. The van der Waals surface area contributed by atoms with E-state index in [1.54, 1.807) is 0 Å². The van der Waals surface area contributed by atoms with Gasteiger partial charge in [0.2, 0.25) is 0 Å². The molecule has 8 heteroatoms. The lowest BCUT2D eigenvalue weighted by atomic mass is 9.84. The molecule has 8 nitrogen and oxygen atoms in total. The van der Waals surface area contributed by atoms with Crippen LogP contribution in [0.4, 0.5) is 5.69 Å². The Labute approximate surface area is 230 Å². The van der Waals surface area contributed by atoms with Crippen molar-refractivity contribution in [2.45, 2.75) is 83.6 Å². The second kappa shape index (κ2) is 11.0. The first-order valence-corrected chi connectivity index (χ1v) is 14.3. The van der Waals surface area contributed by atoms with Gasteiger partial charge in [0.15, 0.2) is 5.78 Å². The minimum absolute atomic E-state index is 0.0195. The Morgan fingerprint density at radius 3 is 2.54 bits per heavy atom. The zero-order valence-corrected chi connectivity index (χ0v) is 23.4. The number of carbonyl (C=O) groups is 2. The van der Waals surface area contributed by atoms with Crippen LogP contribution in [0.2, 0.25) is 0 Å². The summed E-state index contributed by atoms with van der Waals surface area (Å²) < 4.78 is 6.35. The van der Waals surface area contributed by atoms with Crippen molar-refractivity contribution in [3.63, 3.8) is 0 Å². The molecule has 0 atom stereocenters. The van der Waals surface area contributed by atoms with E-state index in [0.29, 0.717) is 49.0 Å². The largest absolute Gasteiger partial charge is 0.491 e. The van der Waals surface area contributed by atoms with Crippen molar-refractivity contribution < 1.29 is 19.4 Å². The Morgan fingerprint density at radius 1 is 1.13 bits per heavy atom. The SMILES string of the molecule is CC(C)(C)c1cc(C(=O)CN2Cc3ccc(C4CC4)nc3C2=N)cc(N2CCCC2)c1OCCCCC(=O)O. The van der Waals surface area contributed by atoms with Crippen LogP contribution in [-0.2, 0) is 16.8 Å². The topological polar surface area (TPSA) is 107 Å². The number of amidine groups is 1. The van der Waals surface area contributed by atoms with Gasteiger partial charge in [-0.3, -0.25) is 15.0 Å². The summed E-state index contributed by atoms with van der Waals surface area (Å²) in [6.07, 6.45) is 5.88. The number of nitrogens with one attached hydrogen (secondary N) is 1. The van der Waals surface area contributed by atoms with Gasteiger partial charge in [0.05, 0.1) is 18.8 Å². The van der Waals surface area contributed by atoms with Crippen molar-refractivity contribution in [2.24, 2.45) is 0 Å². The van der Waals surface area contributed by atoms with Crippen LogP contribution >= 0.6 is 0 Å². The number of aromatic nitrogens is 1. The molecule has 1 aromatic heterocycles. The van der Waals surface area contributed by atoms with Crippen LogP contribution in [0.15, 0.2) is 24.3 Å². The fourth-order valence-electron chi connectivity index (χ4n) is 5.50. The van der Waals surface area contributed by atoms with Gasteiger partial charge in [-0.05, 0) is 62.1 Å². The summed E-state index contributed by atoms with van der Waals surface area (Å²) in [4.78, 5) is 33.5. The summed E-state index contributed by atoms with van der Waals surface area (Å²) in [5, 5.41) is 17.7. The van der Waals surface area contributed by atoms with Gasteiger partial charge in [-0.1, -0.05) is 26.8 Å². The van der Waals surface area contributed by atoms with Crippen molar-refractivity contribution in [1.82, 2.24) is 9.88 Å². The summed E-state index contributed by atoms with van der Waals surface area (Å²) in [7, 11) is 0. The van der Waals surface area contributed by atoms with Crippen molar-refractivity contribution in [3.05, 3.63) is 52.3 Å². The highest BCUT2D eigenvalue weighted by atomic mass is 16.5. The molecule has 1 saturated carbocycles. The average molecular weight is 533 g/mol. The molecule has 208 valence electrons. The lowest BCUT2D eigenvalue weighted by molar-refractivity contribution is -0.137. The summed E-state index contributed by atoms with van der Waals surface area (Å²) in [5.74, 6) is 0.845. The van der Waals surface area contributed by atoms with Gasteiger partial charge in [-0.2, -0.15) is 0 Å². The molecular formula is C31H40N4O4. The van der Waals surface area contributed by atoms with Crippen LogP contribution in [0.1, 0.15) is 105 Å². The fraction of sp³-hybridized carbons (Fsp3) is 0.548. The second-order valence-corrected chi connectivity index (χ2v) is 12.2. The highest BCUT2D eigenvalue weighted by Gasteiger charge is 2.32. The van der Waals surface area contributed by atoms with E-state index in [9.17, 15) is 9.59 Å². The minimum atomic E-state index is -0.792. The average Bonchev–Trinajstić information content (AvgIpc) is 3.50. The van der Waals surface area contributed by atoms with E-state index in [0.717, 1.165) is 54.2 Å². The number of nitrogens with zero attached hydrogens (tertiary/aromatic N) is 3. The van der Waals surface area contributed by atoms with Gasteiger partial charge < -0.3 is 19.6 Å². The number of ketones is 1. The van der Waals surface area contributed by atoms with Crippen molar-refractivity contribution in [3.8, 4) is 5.75 Å². The number of fused-ring (bicyclic) bond motifs is 1. The molecule has 0 bridgehead atoms. The van der Waals surface area contributed by atoms with Crippen LogP contribution in [0.25, 0.3) is 0 Å². The molecule has 0 spiro atoms. The highest BCUT2D eigenvalue weighted by molar-refractivity contribution is 6.05. The number of ether oxygens (including phenoxy) is 1. The smallest absolute Gasteiger partial charge is 0.303 e. The molecule has 2 aliphatic heterocycles. The quantitative estimate of drug-likeness (QED) is 0.290. The zero-order valence-electron chi connectivity index (χ0n) is 23.4. The molecule has 39 heavy (non-hydrogen) atoms. The monoisotopic (exact) mass is 532 g/mol. The number of carboxylic acids is 1. The molecule has 1 aromatic carbocycles. The van der Waals surface area contributed by atoms with Gasteiger partial charge in [-0.25, -0.2) is 4.98 Å². The van der Waals surface area contributed by atoms with Crippen molar-refractivity contribution in [2.75, 3.05) is 31.1 Å². The molecule has 2 aromatic rings. The van der Waals surface area contributed by atoms with Crippen LogP contribution in [0, 0.1) is 5.41 Å². The third-order valence-electron chi connectivity index (χ3n) is 7.91. The van der Waals surface area contributed by atoms with Crippen LogP contribution in [-0.4, -0.2) is 58.8 Å². The Hall–Kier alpha value is -3.42. The predicted molar refractivity (Wildman–Crippen MR) is 151 cm³/mol.